The predicted molar refractivity (Wildman–Crippen MR) is 104 cm³/mol. The minimum atomic E-state index is -0.339. The second kappa shape index (κ2) is 7.23. The third-order valence-corrected chi connectivity index (χ3v) is 5.06. The fraction of sp³-hybridized carbons (Fsp3) is 0.286. The lowest BCUT2D eigenvalue weighted by Crippen LogP contribution is -2.38. The highest BCUT2D eigenvalue weighted by Gasteiger charge is 2.27. The van der Waals surface area contributed by atoms with Crippen LogP contribution in [0.1, 0.15) is 40.9 Å². The van der Waals surface area contributed by atoms with Gasteiger partial charge < -0.3 is 10.2 Å². The first-order chi connectivity index (χ1) is 13.1. The molecule has 1 aromatic carbocycles. The molecule has 0 radical (unpaired) electrons. The Bertz CT molecular complexity index is 972. The zero-order valence-electron chi connectivity index (χ0n) is 15.3. The molecule has 0 unspecified atom stereocenters. The van der Waals surface area contributed by atoms with Crippen LogP contribution in [0.5, 0.6) is 0 Å². The number of carbonyl (C=O) groups is 2. The molecule has 0 bridgehead atoms. The monoisotopic (exact) mass is 362 g/mol. The van der Waals surface area contributed by atoms with E-state index in [4.69, 9.17) is 0 Å². The molecule has 6 nitrogen and oxygen atoms in total. The van der Waals surface area contributed by atoms with Crippen molar-refractivity contribution in [3.8, 4) is 0 Å². The van der Waals surface area contributed by atoms with E-state index in [1.54, 1.807) is 10.6 Å². The minimum Gasteiger partial charge on any atom is -0.337 e. The number of fused-ring (bicyclic) bond motifs is 1. The summed E-state index contributed by atoms with van der Waals surface area (Å²) in [5.41, 5.74) is 1.68. The number of nitrogens with zero attached hydrogens (tertiary/aromatic N) is 3. The molecular formula is C21H22N4O2. The number of aromatic nitrogens is 2. The number of anilines is 1. The maximum Gasteiger partial charge on any atom is 0.292 e. The minimum absolute atomic E-state index is 0.107. The molecule has 1 fully saturated rings. The third-order valence-electron chi connectivity index (χ3n) is 5.06. The van der Waals surface area contributed by atoms with Gasteiger partial charge in [-0.2, -0.15) is 0 Å². The van der Waals surface area contributed by atoms with E-state index in [-0.39, 0.29) is 17.6 Å². The summed E-state index contributed by atoms with van der Waals surface area (Å²) in [6.45, 7) is 3.68. The van der Waals surface area contributed by atoms with Crippen LogP contribution >= 0.6 is 0 Å². The van der Waals surface area contributed by atoms with E-state index in [1.165, 1.54) is 0 Å². The lowest BCUT2D eigenvalue weighted by molar-refractivity contribution is 0.0694. The smallest absolute Gasteiger partial charge is 0.292 e. The van der Waals surface area contributed by atoms with Crippen LogP contribution in [0.3, 0.4) is 0 Å². The van der Waals surface area contributed by atoms with E-state index in [9.17, 15) is 9.59 Å². The average molecular weight is 362 g/mol. The summed E-state index contributed by atoms with van der Waals surface area (Å²) < 4.78 is 1.68. The summed E-state index contributed by atoms with van der Waals surface area (Å²) in [6, 6.07) is 14.7. The van der Waals surface area contributed by atoms with Gasteiger partial charge in [0.25, 0.3) is 11.8 Å². The Kier molecular flexibility index (Phi) is 4.62. The van der Waals surface area contributed by atoms with Gasteiger partial charge in [0.2, 0.25) is 5.82 Å². The molecule has 0 spiro atoms. The number of amides is 2. The van der Waals surface area contributed by atoms with Crippen LogP contribution < -0.4 is 5.32 Å². The molecule has 138 valence electrons. The van der Waals surface area contributed by atoms with Crippen molar-refractivity contribution in [2.75, 3.05) is 18.4 Å². The number of likely N-dealkylation sites (tertiary alicyclic amines) is 1. The molecular weight excluding hydrogens is 340 g/mol. The number of hydrogen-bond donors (Lipinski definition) is 1. The van der Waals surface area contributed by atoms with Gasteiger partial charge in [0.05, 0.1) is 5.52 Å². The molecule has 4 rings (SSSR count). The highest BCUT2D eigenvalue weighted by molar-refractivity contribution is 6.06. The van der Waals surface area contributed by atoms with Crippen LogP contribution in [0.4, 0.5) is 5.69 Å². The van der Waals surface area contributed by atoms with Crippen molar-refractivity contribution in [2.24, 2.45) is 5.92 Å². The predicted octanol–water partition coefficient (Wildman–Crippen LogP) is 3.46. The standard InChI is InChI=1S/C21H22N4O2/c1-15-10-13-24(14-11-15)21(27)18-17-9-5-6-12-25(17)19(23-18)20(26)22-16-7-3-2-4-8-16/h2-9,12,15H,10-11,13-14H2,1H3,(H,22,26). The Labute approximate surface area is 157 Å². The molecule has 27 heavy (non-hydrogen) atoms. The van der Waals surface area contributed by atoms with Crippen molar-refractivity contribution in [2.45, 2.75) is 19.8 Å². The molecule has 1 aliphatic rings. The van der Waals surface area contributed by atoms with E-state index in [0.29, 0.717) is 22.8 Å². The number of carbonyl (C=O) groups excluding carboxylic acids is 2. The van der Waals surface area contributed by atoms with Crippen molar-refractivity contribution in [1.29, 1.82) is 0 Å². The van der Waals surface area contributed by atoms with Crippen molar-refractivity contribution < 1.29 is 9.59 Å². The molecule has 2 aromatic heterocycles. The Balaban J connectivity index is 1.67. The summed E-state index contributed by atoms with van der Waals surface area (Å²) in [7, 11) is 0. The number of imidazole rings is 1. The lowest BCUT2D eigenvalue weighted by atomic mass is 9.99. The number of nitrogens with one attached hydrogen (secondary N) is 1. The molecule has 0 aliphatic carbocycles. The largest absolute Gasteiger partial charge is 0.337 e. The van der Waals surface area contributed by atoms with Crippen LogP contribution in [-0.2, 0) is 0 Å². The highest BCUT2D eigenvalue weighted by Crippen LogP contribution is 2.21. The van der Waals surface area contributed by atoms with Crippen molar-refractivity contribution in [3.05, 3.63) is 66.2 Å². The van der Waals surface area contributed by atoms with Gasteiger partial charge in [0.15, 0.2) is 5.69 Å². The number of pyridine rings is 1. The normalized spacial score (nSPS) is 15.1. The first-order valence-corrected chi connectivity index (χ1v) is 9.26. The van der Waals surface area contributed by atoms with Gasteiger partial charge in [-0.3, -0.25) is 14.0 Å². The number of benzene rings is 1. The fourth-order valence-electron chi connectivity index (χ4n) is 3.43. The van der Waals surface area contributed by atoms with E-state index in [1.807, 2.05) is 53.4 Å². The summed E-state index contributed by atoms with van der Waals surface area (Å²) in [5, 5.41) is 2.84. The van der Waals surface area contributed by atoms with Crippen LogP contribution in [0.15, 0.2) is 54.7 Å². The number of rotatable bonds is 3. The van der Waals surface area contributed by atoms with Gasteiger partial charge in [-0.15, -0.1) is 0 Å². The second-order valence-electron chi connectivity index (χ2n) is 7.03. The highest BCUT2D eigenvalue weighted by atomic mass is 16.2. The number of hydrogen-bond acceptors (Lipinski definition) is 3. The van der Waals surface area contributed by atoms with E-state index >= 15 is 0 Å². The Morgan fingerprint density at radius 1 is 1.04 bits per heavy atom. The maximum absolute atomic E-state index is 13.0. The lowest BCUT2D eigenvalue weighted by Gasteiger charge is -2.29. The average Bonchev–Trinajstić information content (AvgIpc) is 3.09. The van der Waals surface area contributed by atoms with E-state index in [2.05, 4.69) is 17.2 Å². The topological polar surface area (TPSA) is 66.7 Å². The maximum atomic E-state index is 13.0. The SMILES string of the molecule is CC1CCN(C(=O)c2nc(C(=O)Nc3ccccc3)n3ccccc23)CC1. The Hall–Kier alpha value is -3.15. The van der Waals surface area contributed by atoms with E-state index in [0.717, 1.165) is 25.9 Å². The fourth-order valence-corrected chi connectivity index (χ4v) is 3.43. The molecule has 1 saturated heterocycles. The molecule has 0 atom stereocenters. The van der Waals surface area contributed by atoms with Crippen LogP contribution in [-0.4, -0.2) is 39.2 Å². The van der Waals surface area contributed by atoms with Gasteiger partial charge in [-0.1, -0.05) is 31.2 Å². The van der Waals surface area contributed by atoms with Gasteiger partial charge in [0, 0.05) is 25.0 Å². The van der Waals surface area contributed by atoms with Gasteiger partial charge in [0.1, 0.15) is 0 Å². The molecule has 3 heterocycles. The first-order valence-electron chi connectivity index (χ1n) is 9.26. The Morgan fingerprint density at radius 2 is 1.74 bits per heavy atom. The molecule has 1 N–H and O–H groups in total. The first kappa shape index (κ1) is 17.3. The van der Waals surface area contributed by atoms with Crippen molar-refractivity contribution >= 4 is 23.0 Å². The van der Waals surface area contributed by atoms with Crippen molar-refractivity contribution in [3.63, 3.8) is 0 Å². The van der Waals surface area contributed by atoms with Crippen LogP contribution in [0.2, 0.25) is 0 Å². The third kappa shape index (κ3) is 3.43. The quantitative estimate of drug-likeness (QED) is 0.776. The second-order valence-corrected chi connectivity index (χ2v) is 7.03. The summed E-state index contributed by atoms with van der Waals surface area (Å²) in [6.07, 6.45) is 3.76. The van der Waals surface area contributed by atoms with Crippen LogP contribution in [0, 0.1) is 5.92 Å². The molecule has 3 aromatic rings. The van der Waals surface area contributed by atoms with Gasteiger partial charge in [-0.25, -0.2) is 4.98 Å². The van der Waals surface area contributed by atoms with Crippen molar-refractivity contribution in [1.82, 2.24) is 14.3 Å². The summed E-state index contributed by atoms with van der Waals surface area (Å²) >= 11 is 0. The van der Waals surface area contributed by atoms with Crippen LogP contribution in [0.25, 0.3) is 5.52 Å². The molecule has 2 amide bonds. The molecule has 6 heteroatoms. The number of para-hydroxylation sites is 1. The summed E-state index contributed by atoms with van der Waals surface area (Å²) in [5.74, 6) is 0.404. The molecule has 1 aliphatic heterocycles. The zero-order valence-corrected chi connectivity index (χ0v) is 15.3. The number of piperidine rings is 1. The van der Waals surface area contributed by atoms with Gasteiger partial charge in [-0.05, 0) is 43.0 Å². The van der Waals surface area contributed by atoms with E-state index < -0.39 is 0 Å². The summed E-state index contributed by atoms with van der Waals surface area (Å²) in [4.78, 5) is 32.1. The Morgan fingerprint density at radius 3 is 2.48 bits per heavy atom. The van der Waals surface area contributed by atoms with Gasteiger partial charge >= 0.3 is 0 Å². The zero-order chi connectivity index (χ0) is 18.8. The molecule has 0 saturated carbocycles.